The van der Waals surface area contributed by atoms with E-state index in [0.29, 0.717) is 48.3 Å². The molecular formula is C30H34N2O4. The Balaban J connectivity index is 1.66. The monoisotopic (exact) mass is 490 g/mol. The highest BCUT2D eigenvalue weighted by molar-refractivity contribution is 6.01. The van der Waals surface area contributed by atoms with Gasteiger partial charge in [0.2, 0.25) is 0 Å². The number of carbonyl (C=O) groups is 2. The van der Waals surface area contributed by atoms with Gasteiger partial charge >= 0.3 is 5.97 Å². The number of aliphatic carboxylic acids is 1. The Morgan fingerprint density at radius 3 is 2.61 bits per heavy atom. The SMILES string of the molecule is [2H]C1CCC([2H])(N(Cc2ccccc2OCCCCCC(=O)O)C(=O)c2ccccc2-c2ccncc2)C1([2H])[2H]. The van der Waals surface area contributed by atoms with Crippen LogP contribution in [0.2, 0.25) is 0 Å². The maximum atomic E-state index is 14.3. The van der Waals surface area contributed by atoms with Crippen LogP contribution in [0.15, 0.2) is 73.1 Å². The molecule has 2 unspecified atom stereocenters. The van der Waals surface area contributed by atoms with Gasteiger partial charge in [-0.2, -0.15) is 0 Å². The third-order valence-corrected chi connectivity index (χ3v) is 6.11. The first-order valence-electron chi connectivity index (χ1n) is 14.4. The van der Waals surface area contributed by atoms with Gasteiger partial charge in [-0.1, -0.05) is 49.2 Å². The normalized spacial score (nSPS) is 22.1. The molecule has 1 heterocycles. The minimum Gasteiger partial charge on any atom is -0.493 e. The summed E-state index contributed by atoms with van der Waals surface area (Å²) >= 11 is 0. The summed E-state index contributed by atoms with van der Waals surface area (Å²) in [6.45, 7) is 0.283. The first-order valence-corrected chi connectivity index (χ1v) is 12.3. The Labute approximate surface area is 218 Å². The number of hydrogen-bond donors (Lipinski definition) is 1. The molecule has 36 heavy (non-hydrogen) atoms. The van der Waals surface area contributed by atoms with E-state index in [1.54, 1.807) is 60.9 Å². The van der Waals surface area contributed by atoms with Crippen LogP contribution in [0.4, 0.5) is 0 Å². The van der Waals surface area contributed by atoms with Gasteiger partial charge in [0.25, 0.3) is 5.91 Å². The summed E-state index contributed by atoms with van der Waals surface area (Å²) in [6, 6.07) is 15.8. The molecule has 4 rings (SSSR count). The number of rotatable bonds is 12. The highest BCUT2D eigenvalue weighted by Gasteiger charge is 2.29. The van der Waals surface area contributed by atoms with E-state index >= 15 is 0 Å². The van der Waals surface area contributed by atoms with E-state index in [1.807, 2.05) is 12.1 Å². The van der Waals surface area contributed by atoms with Gasteiger partial charge in [-0.3, -0.25) is 14.6 Å². The van der Waals surface area contributed by atoms with Crippen LogP contribution in [0.25, 0.3) is 11.1 Å². The predicted octanol–water partition coefficient (Wildman–Crippen LogP) is 6.36. The van der Waals surface area contributed by atoms with Crippen LogP contribution in [0, 0.1) is 0 Å². The van der Waals surface area contributed by atoms with Crippen molar-refractivity contribution in [2.75, 3.05) is 6.61 Å². The lowest BCUT2D eigenvalue weighted by Crippen LogP contribution is -2.38. The average molecular weight is 491 g/mol. The van der Waals surface area contributed by atoms with Gasteiger partial charge in [0.1, 0.15) is 5.75 Å². The fraction of sp³-hybridized carbons (Fsp3) is 0.367. The zero-order valence-corrected chi connectivity index (χ0v) is 20.2. The van der Waals surface area contributed by atoms with Gasteiger partial charge in [0, 0.05) is 46.6 Å². The van der Waals surface area contributed by atoms with Crippen molar-refractivity contribution in [3.63, 3.8) is 0 Å². The number of nitrogens with zero attached hydrogens (tertiary/aromatic N) is 2. The standard InChI is InChI=1S/C30H34N2O4/c33-29(34)16-2-1-9-21-36-28-15-8-3-10-24(28)22-32(25-11-4-5-12-25)30(35)27-14-7-6-13-26(27)23-17-19-31-20-18-23/h3,6-8,10,13-15,17-20,25H,1-2,4-5,9,11-12,16,21-22H2,(H,33,34)/i4D,11D2,25D. The van der Waals surface area contributed by atoms with E-state index in [-0.39, 0.29) is 25.8 Å². The van der Waals surface area contributed by atoms with Crippen LogP contribution in [-0.4, -0.2) is 39.5 Å². The Hall–Kier alpha value is -3.67. The topological polar surface area (TPSA) is 79.7 Å². The number of carboxylic acids is 1. The Morgan fingerprint density at radius 1 is 1.06 bits per heavy atom. The van der Waals surface area contributed by atoms with Gasteiger partial charge in [-0.15, -0.1) is 0 Å². The number of carboxylic acid groups (broad SMARTS) is 1. The fourth-order valence-electron chi connectivity index (χ4n) is 4.25. The van der Waals surface area contributed by atoms with Crippen molar-refractivity contribution >= 4 is 11.9 Å². The van der Waals surface area contributed by atoms with Crippen molar-refractivity contribution in [2.45, 2.75) is 63.9 Å². The maximum Gasteiger partial charge on any atom is 0.303 e. The molecule has 188 valence electrons. The minimum atomic E-state index is -2.26. The van der Waals surface area contributed by atoms with Crippen molar-refractivity contribution in [1.29, 1.82) is 0 Å². The van der Waals surface area contributed by atoms with Gasteiger partial charge < -0.3 is 14.7 Å². The first kappa shape index (κ1) is 20.5. The lowest BCUT2D eigenvalue weighted by atomic mass is 9.98. The number of unbranched alkanes of at least 4 members (excludes halogenated alkanes) is 2. The molecule has 0 radical (unpaired) electrons. The van der Waals surface area contributed by atoms with Crippen LogP contribution >= 0.6 is 0 Å². The molecule has 3 aromatic rings. The molecule has 0 saturated heterocycles. The number of para-hydroxylation sites is 1. The molecule has 2 aromatic carbocycles. The van der Waals surface area contributed by atoms with Crippen molar-refractivity contribution < 1.29 is 24.9 Å². The minimum absolute atomic E-state index is 0.0317. The van der Waals surface area contributed by atoms with E-state index in [9.17, 15) is 11.0 Å². The third kappa shape index (κ3) is 6.72. The number of ether oxygens (including phenoxy) is 1. The van der Waals surface area contributed by atoms with Crippen molar-refractivity contribution in [2.24, 2.45) is 0 Å². The van der Waals surface area contributed by atoms with Crippen LogP contribution < -0.4 is 4.74 Å². The van der Waals surface area contributed by atoms with Gasteiger partial charge in [-0.05, 0) is 67.4 Å². The predicted molar refractivity (Wildman–Crippen MR) is 140 cm³/mol. The lowest BCUT2D eigenvalue weighted by molar-refractivity contribution is -0.137. The summed E-state index contributed by atoms with van der Waals surface area (Å²) in [5.41, 5.74) is 2.38. The van der Waals surface area contributed by atoms with E-state index in [2.05, 4.69) is 4.98 Å². The molecule has 6 nitrogen and oxygen atoms in total. The third-order valence-electron chi connectivity index (χ3n) is 6.11. The number of hydrogen-bond acceptors (Lipinski definition) is 4. The van der Waals surface area contributed by atoms with Crippen molar-refractivity contribution in [1.82, 2.24) is 9.88 Å². The van der Waals surface area contributed by atoms with E-state index < -0.39 is 30.7 Å². The molecule has 0 spiro atoms. The van der Waals surface area contributed by atoms with Crippen molar-refractivity contribution in [3.8, 4) is 16.9 Å². The molecule has 2 atom stereocenters. The molecule has 0 aliphatic heterocycles. The molecule has 1 fully saturated rings. The number of carbonyl (C=O) groups excluding carboxylic acids is 1. The largest absolute Gasteiger partial charge is 0.493 e. The van der Waals surface area contributed by atoms with Crippen LogP contribution in [-0.2, 0) is 11.3 Å². The summed E-state index contributed by atoms with van der Waals surface area (Å²) in [7, 11) is 0. The highest BCUT2D eigenvalue weighted by atomic mass is 16.5. The summed E-state index contributed by atoms with van der Waals surface area (Å²) in [5.74, 6) is -0.804. The quantitative estimate of drug-likeness (QED) is 0.299. The van der Waals surface area contributed by atoms with Crippen LogP contribution in [0.1, 0.15) is 72.7 Å². The van der Waals surface area contributed by atoms with Gasteiger partial charge in [-0.25, -0.2) is 0 Å². The van der Waals surface area contributed by atoms with Crippen LogP contribution in [0.3, 0.4) is 0 Å². The molecule has 6 heteroatoms. The van der Waals surface area contributed by atoms with Crippen molar-refractivity contribution in [3.05, 3.63) is 84.2 Å². The number of aromatic nitrogens is 1. The summed E-state index contributed by atoms with van der Waals surface area (Å²) in [4.78, 5) is 30.4. The number of pyridine rings is 1. The second-order valence-electron chi connectivity index (χ2n) is 8.67. The van der Waals surface area contributed by atoms with Gasteiger partial charge in [0.05, 0.1) is 7.98 Å². The van der Waals surface area contributed by atoms with E-state index in [0.717, 1.165) is 5.56 Å². The Bertz CT molecular complexity index is 1320. The van der Waals surface area contributed by atoms with Crippen LogP contribution in [0.5, 0.6) is 5.75 Å². The summed E-state index contributed by atoms with van der Waals surface area (Å²) < 4.78 is 41.0. The second-order valence-corrected chi connectivity index (χ2v) is 8.67. The smallest absolute Gasteiger partial charge is 0.303 e. The summed E-state index contributed by atoms with van der Waals surface area (Å²) in [5, 5.41) is 8.82. The molecular weight excluding hydrogens is 452 g/mol. The molecule has 1 N–H and O–H groups in total. The average Bonchev–Trinajstić information content (AvgIpc) is 3.17. The van der Waals surface area contributed by atoms with E-state index in [4.69, 9.17) is 14.0 Å². The molecule has 1 saturated carbocycles. The molecule has 1 aliphatic rings. The first-order chi connectivity index (χ1) is 19.1. The Morgan fingerprint density at radius 2 is 1.83 bits per heavy atom. The lowest BCUT2D eigenvalue weighted by Gasteiger charge is -2.30. The second kappa shape index (κ2) is 12.9. The Kier molecular flexibility index (Phi) is 7.33. The van der Waals surface area contributed by atoms with E-state index in [1.165, 1.54) is 4.90 Å². The number of benzene rings is 2. The van der Waals surface area contributed by atoms with Gasteiger partial charge in [0.15, 0.2) is 0 Å². The maximum absolute atomic E-state index is 14.3. The molecule has 1 amide bonds. The molecule has 1 aromatic heterocycles. The fourth-order valence-corrected chi connectivity index (χ4v) is 4.25. The molecule has 0 bridgehead atoms. The number of amides is 1. The zero-order valence-electron chi connectivity index (χ0n) is 24.2. The zero-order chi connectivity index (χ0) is 28.8. The molecule has 1 aliphatic carbocycles. The summed E-state index contributed by atoms with van der Waals surface area (Å²) in [6.07, 6.45) is 2.11. The highest BCUT2D eigenvalue weighted by Crippen LogP contribution is 2.31.